The van der Waals surface area contributed by atoms with Crippen LogP contribution in [0.15, 0.2) is 47.4 Å². The average Bonchev–Trinajstić information content (AvgIpc) is 2.59. The Balaban J connectivity index is 1.59. The summed E-state index contributed by atoms with van der Waals surface area (Å²) >= 11 is 0. The van der Waals surface area contributed by atoms with Crippen molar-refractivity contribution in [2.75, 3.05) is 12.9 Å². The molecule has 2 aromatic rings. The summed E-state index contributed by atoms with van der Waals surface area (Å²) in [7, 11) is -3.37. The van der Waals surface area contributed by atoms with Crippen LogP contribution >= 0.6 is 0 Å². The maximum absolute atomic E-state index is 13.3. The lowest BCUT2D eigenvalue weighted by molar-refractivity contribution is 0.214. The summed E-state index contributed by atoms with van der Waals surface area (Å²) in [4.78, 5) is 12.3. The van der Waals surface area contributed by atoms with E-state index in [1.54, 1.807) is 24.3 Å². The topological polar surface area (TPSA) is 84.5 Å². The van der Waals surface area contributed by atoms with Crippen LogP contribution in [0, 0.1) is 5.82 Å². The number of hydrogen-bond donors (Lipinski definition) is 2. The number of carbonyl (C=O) groups excluding carboxylic acids is 1. The third-order valence-electron chi connectivity index (χ3n) is 4.08. The lowest BCUT2D eigenvalue weighted by Crippen LogP contribution is -2.47. The van der Waals surface area contributed by atoms with Crippen molar-refractivity contribution in [3.8, 4) is 5.75 Å². The molecule has 1 heterocycles. The van der Waals surface area contributed by atoms with Gasteiger partial charge in [-0.1, -0.05) is 18.2 Å². The van der Waals surface area contributed by atoms with Crippen LogP contribution in [0.5, 0.6) is 5.75 Å². The van der Waals surface area contributed by atoms with Crippen LogP contribution in [-0.4, -0.2) is 33.4 Å². The first kappa shape index (κ1) is 18.2. The minimum Gasteiger partial charge on any atom is -0.491 e. The van der Waals surface area contributed by atoms with Gasteiger partial charge < -0.3 is 15.4 Å². The monoisotopic (exact) mass is 378 g/mol. The molecule has 0 aromatic heterocycles. The minimum absolute atomic E-state index is 0.0773. The molecule has 0 aliphatic carbocycles. The Morgan fingerprint density at radius 1 is 1.27 bits per heavy atom. The van der Waals surface area contributed by atoms with E-state index in [9.17, 15) is 17.6 Å². The van der Waals surface area contributed by atoms with Gasteiger partial charge in [-0.2, -0.15) is 0 Å². The first-order valence-electron chi connectivity index (χ1n) is 8.06. The van der Waals surface area contributed by atoms with Crippen molar-refractivity contribution >= 4 is 15.9 Å². The van der Waals surface area contributed by atoms with E-state index >= 15 is 0 Å². The Hall–Kier alpha value is -2.61. The molecular weight excluding hydrogens is 359 g/mol. The maximum Gasteiger partial charge on any atom is 0.315 e. The number of ether oxygens (including phenoxy) is 1. The Labute approximate surface area is 151 Å². The molecule has 0 fully saturated rings. The Bertz CT molecular complexity index is 931. The van der Waals surface area contributed by atoms with Crippen LogP contribution in [0.4, 0.5) is 9.18 Å². The molecule has 0 saturated carbocycles. The summed E-state index contributed by atoms with van der Waals surface area (Å²) in [5.41, 5.74) is 1.21. The van der Waals surface area contributed by atoms with Crippen molar-refractivity contribution < 1.29 is 22.3 Å². The van der Waals surface area contributed by atoms with Crippen molar-refractivity contribution in [3.05, 3.63) is 59.4 Å². The van der Waals surface area contributed by atoms with Crippen molar-refractivity contribution in [3.63, 3.8) is 0 Å². The fraction of sp³-hybridized carbons (Fsp3) is 0.278. The molecule has 6 nitrogen and oxygen atoms in total. The van der Waals surface area contributed by atoms with Gasteiger partial charge in [-0.25, -0.2) is 17.6 Å². The first-order valence-corrected chi connectivity index (χ1v) is 9.95. The van der Waals surface area contributed by atoms with E-state index in [1.807, 2.05) is 0 Å². The van der Waals surface area contributed by atoms with E-state index in [4.69, 9.17) is 4.74 Å². The molecule has 1 aliphatic rings. The van der Waals surface area contributed by atoms with E-state index in [0.29, 0.717) is 23.3 Å². The molecule has 8 heteroatoms. The Morgan fingerprint density at radius 2 is 2.04 bits per heavy atom. The quantitative estimate of drug-likeness (QED) is 0.853. The van der Waals surface area contributed by atoms with Crippen LogP contribution in [0.3, 0.4) is 0 Å². The number of hydrogen-bond acceptors (Lipinski definition) is 4. The first-order chi connectivity index (χ1) is 12.3. The number of urea groups is 1. The van der Waals surface area contributed by atoms with Gasteiger partial charge in [0.15, 0.2) is 9.84 Å². The lowest BCUT2D eigenvalue weighted by Gasteiger charge is -2.26. The summed E-state index contributed by atoms with van der Waals surface area (Å²) < 4.78 is 42.4. The molecule has 1 unspecified atom stereocenters. The van der Waals surface area contributed by atoms with E-state index in [2.05, 4.69) is 10.6 Å². The highest BCUT2D eigenvalue weighted by molar-refractivity contribution is 7.90. The van der Waals surface area contributed by atoms with Gasteiger partial charge >= 0.3 is 6.03 Å². The van der Waals surface area contributed by atoms with Crippen molar-refractivity contribution in [1.29, 1.82) is 0 Å². The molecule has 0 spiro atoms. The number of halogens is 1. The summed E-state index contributed by atoms with van der Waals surface area (Å²) in [6.07, 6.45) is 1.59. The molecule has 2 aromatic carbocycles. The second kappa shape index (κ2) is 7.33. The molecule has 138 valence electrons. The maximum atomic E-state index is 13.3. The molecule has 26 heavy (non-hydrogen) atoms. The van der Waals surface area contributed by atoms with Crippen LogP contribution in [0.1, 0.15) is 11.1 Å². The van der Waals surface area contributed by atoms with Gasteiger partial charge in [-0.15, -0.1) is 0 Å². The molecule has 0 radical (unpaired) electrons. The van der Waals surface area contributed by atoms with Crippen molar-refractivity contribution in [2.45, 2.75) is 23.9 Å². The normalized spacial score (nSPS) is 16.3. The molecule has 2 N–H and O–H groups in total. The second-order valence-electron chi connectivity index (χ2n) is 6.17. The Morgan fingerprint density at radius 3 is 2.81 bits per heavy atom. The predicted molar refractivity (Wildman–Crippen MR) is 94.3 cm³/mol. The molecule has 3 rings (SSSR count). The van der Waals surface area contributed by atoms with Gasteiger partial charge in [-0.3, -0.25) is 0 Å². The molecule has 2 amide bonds. The van der Waals surface area contributed by atoms with Gasteiger partial charge in [0.25, 0.3) is 0 Å². The van der Waals surface area contributed by atoms with E-state index in [1.165, 1.54) is 18.2 Å². The fourth-order valence-electron chi connectivity index (χ4n) is 2.88. The number of nitrogens with one attached hydrogen (secondary N) is 2. The lowest BCUT2D eigenvalue weighted by atomic mass is 10.0. The highest BCUT2D eigenvalue weighted by atomic mass is 32.2. The third kappa shape index (κ3) is 4.32. The van der Waals surface area contributed by atoms with E-state index in [-0.39, 0.29) is 29.9 Å². The van der Waals surface area contributed by atoms with Crippen molar-refractivity contribution in [2.24, 2.45) is 0 Å². The standard InChI is InChI=1S/C18H19FN2O4S/c1-26(23,24)17-5-3-2-4-12(17)10-20-18(22)21-15-9-13-8-14(19)6-7-16(13)25-11-15/h2-8,15H,9-11H2,1H3,(H2,20,21,22). The summed E-state index contributed by atoms with van der Waals surface area (Å²) in [6.45, 7) is 0.361. The van der Waals surface area contributed by atoms with Crippen LogP contribution in [0.25, 0.3) is 0 Å². The highest BCUT2D eigenvalue weighted by Gasteiger charge is 2.22. The second-order valence-corrected chi connectivity index (χ2v) is 8.16. The number of amides is 2. The van der Waals surface area contributed by atoms with E-state index < -0.39 is 15.9 Å². The van der Waals surface area contributed by atoms with Crippen LogP contribution < -0.4 is 15.4 Å². The average molecular weight is 378 g/mol. The summed E-state index contributed by atoms with van der Waals surface area (Å²) in [6, 6.07) is 10.1. The van der Waals surface area contributed by atoms with Crippen molar-refractivity contribution in [1.82, 2.24) is 10.6 Å². The van der Waals surface area contributed by atoms with Crippen LogP contribution in [0.2, 0.25) is 0 Å². The van der Waals surface area contributed by atoms with Gasteiger partial charge in [-0.05, 0) is 41.8 Å². The number of benzene rings is 2. The van der Waals surface area contributed by atoms with E-state index in [0.717, 1.165) is 6.26 Å². The number of carbonyl (C=O) groups is 1. The SMILES string of the molecule is CS(=O)(=O)c1ccccc1CNC(=O)NC1COc2ccc(F)cc2C1. The molecule has 1 atom stereocenters. The van der Waals surface area contributed by atoms with Gasteiger partial charge in [0.2, 0.25) is 0 Å². The van der Waals surface area contributed by atoms with Crippen LogP contribution in [-0.2, 0) is 22.8 Å². The third-order valence-corrected chi connectivity index (χ3v) is 5.27. The molecule has 0 saturated heterocycles. The molecule has 1 aliphatic heterocycles. The van der Waals surface area contributed by atoms with Gasteiger partial charge in [0, 0.05) is 12.8 Å². The summed E-state index contributed by atoms with van der Waals surface area (Å²) in [5.74, 6) is 0.266. The highest BCUT2D eigenvalue weighted by Crippen LogP contribution is 2.25. The smallest absolute Gasteiger partial charge is 0.315 e. The summed E-state index contributed by atoms with van der Waals surface area (Å²) in [5, 5.41) is 5.41. The zero-order valence-corrected chi connectivity index (χ0v) is 15.0. The number of fused-ring (bicyclic) bond motifs is 1. The number of sulfone groups is 1. The zero-order valence-electron chi connectivity index (χ0n) is 14.2. The Kier molecular flexibility index (Phi) is 5.13. The zero-order chi connectivity index (χ0) is 18.7. The largest absolute Gasteiger partial charge is 0.491 e. The minimum atomic E-state index is -3.37. The van der Waals surface area contributed by atoms with Gasteiger partial charge in [0.1, 0.15) is 18.2 Å². The molecular formula is C18H19FN2O4S. The van der Waals surface area contributed by atoms with Gasteiger partial charge in [0.05, 0.1) is 10.9 Å². The molecule has 0 bridgehead atoms. The number of rotatable bonds is 4. The fourth-order valence-corrected chi connectivity index (χ4v) is 3.82. The predicted octanol–water partition coefficient (Wildman–Crippen LogP) is 2.03.